The molecule has 9 heavy (non-hydrogen) atoms. The highest BCUT2D eigenvalue weighted by atomic mass is 35.5. The van der Waals surface area contributed by atoms with Gasteiger partial charge in [0, 0.05) is 17.5 Å². The summed E-state index contributed by atoms with van der Waals surface area (Å²) in [5.74, 6) is 1.45. The summed E-state index contributed by atoms with van der Waals surface area (Å²) in [6, 6.07) is 0.201. The summed E-state index contributed by atoms with van der Waals surface area (Å²) in [7, 11) is 0. The van der Waals surface area contributed by atoms with Crippen LogP contribution in [0.5, 0.6) is 0 Å². The van der Waals surface area contributed by atoms with Crippen molar-refractivity contribution in [1.29, 1.82) is 0 Å². The molecule has 0 aromatic heterocycles. The molecule has 0 aliphatic carbocycles. The second-order valence-electron chi connectivity index (χ2n) is 1.74. The molecule has 0 radical (unpaired) electrons. The fourth-order valence-electron chi connectivity index (χ4n) is 0.324. The first-order valence-electron chi connectivity index (χ1n) is 2.66. The minimum Gasteiger partial charge on any atom is -0.327 e. The minimum absolute atomic E-state index is 0. The number of halogens is 2. The van der Waals surface area contributed by atoms with Crippen molar-refractivity contribution >= 4 is 24.2 Å². The fourth-order valence-corrected chi connectivity index (χ4v) is 0.971. The highest BCUT2D eigenvalue weighted by Gasteiger charge is 1.91. The quantitative estimate of drug-likeness (QED) is 0.652. The lowest BCUT2D eigenvalue weighted by Gasteiger charge is -2.00. The molecule has 1 atom stereocenters. The Morgan fingerprint density at radius 1 is 1.67 bits per heavy atom. The zero-order chi connectivity index (χ0) is 6.41. The van der Waals surface area contributed by atoms with Crippen LogP contribution in [0, 0.1) is 0 Å². The van der Waals surface area contributed by atoms with E-state index < -0.39 is 0 Å². The average molecular weight is 174 g/mol. The Morgan fingerprint density at radius 3 is 2.56 bits per heavy atom. The van der Waals surface area contributed by atoms with Crippen LogP contribution in [0.3, 0.4) is 0 Å². The molecule has 0 aliphatic heterocycles. The summed E-state index contributed by atoms with van der Waals surface area (Å²) >= 11 is 1.56. The highest BCUT2D eigenvalue weighted by Crippen LogP contribution is 1.99. The third-order valence-corrected chi connectivity index (χ3v) is 1.81. The monoisotopic (exact) mass is 173 g/mol. The number of thioether (sulfide) groups is 1. The van der Waals surface area contributed by atoms with Crippen molar-refractivity contribution in [2.24, 2.45) is 5.73 Å². The summed E-state index contributed by atoms with van der Waals surface area (Å²) < 4.78 is 11.4. The van der Waals surface area contributed by atoms with E-state index in [9.17, 15) is 4.39 Å². The van der Waals surface area contributed by atoms with Gasteiger partial charge in [0.25, 0.3) is 0 Å². The molecule has 0 fully saturated rings. The van der Waals surface area contributed by atoms with E-state index in [1.807, 2.05) is 6.92 Å². The standard InChI is InChI=1S/C5H12FNS.ClH/c1-5(7)4-8-3-2-6;/h5H,2-4,7H2,1H3;1H. The van der Waals surface area contributed by atoms with Crippen molar-refractivity contribution in [2.75, 3.05) is 18.2 Å². The summed E-state index contributed by atoms with van der Waals surface area (Å²) in [5.41, 5.74) is 5.39. The Kier molecular flexibility index (Phi) is 11.6. The van der Waals surface area contributed by atoms with Crippen LogP contribution < -0.4 is 5.73 Å². The molecule has 58 valence electrons. The van der Waals surface area contributed by atoms with Crippen LogP contribution in [0.4, 0.5) is 4.39 Å². The van der Waals surface area contributed by atoms with Gasteiger partial charge in [0.1, 0.15) is 0 Å². The first kappa shape index (κ1) is 12.2. The molecule has 0 aliphatic rings. The van der Waals surface area contributed by atoms with E-state index in [2.05, 4.69) is 0 Å². The van der Waals surface area contributed by atoms with Crippen molar-refractivity contribution < 1.29 is 4.39 Å². The van der Waals surface area contributed by atoms with Crippen LogP contribution in [0.2, 0.25) is 0 Å². The van der Waals surface area contributed by atoms with Gasteiger partial charge in [-0.25, -0.2) is 0 Å². The van der Waals surface area contributed by atoms with Gasteiger partial charge in [-0.05, 0) is 6.92 Å². The lowest BCUT2D eigenvalue weighted by atomic mass is 10.4. The summed E-state index contributed by atoms with van der Waals surface area (Å²) in [6.45, 7) is 1.68. The molecule has 1 nitrogen and oxygen atoms in total. The van der Waals surface area contributed by atoms with Crippen molar-refractivity contribution in [2.45, 2.75) is 13.0 Å². The lowest BCUT2D eigenvalue weighted by Crippen LogP contribution is -2.17. The molecule has 0 rings (SSSR count). The number of hydrogen-bond acceptors (Lipinski definition) is 2. The van der Waals surface area contributed by atoms with E-state index in [-0.39, 0.29) is 25.1 Å². The van der Waals surface area contributed by atoms with Crippen LogP contribution in [0.25, 0.3) is 0 Å². The number of nitrogens with two attached hydrogens (primary N) is 1. The first-order chi connectivity index (χ1) is 3.77. The molecular formula is C5H13ClFNS. The predicted molar refractivity (Wildman–Crippen MR) is 44.2 cm³/mol. The van der Waals surface area contributed by atoms with Gasteiger partial charge >= 0.3 is 0 Å². The van der Waals surface area contributed by atoms with Crippen molar-refractivity contribution in [3.63, 3.8) is 0 Å². The van der Waals surface area contributed by atoms with Gasteiger partial charge in [0.2, 0.25) is 0 Å². The maximum atomic E-state index is 11.4. The van der Waals surface area contributed by atoms with Gasteiger partial charge in [-0.1, -0.05) is 0 Å². The summed E-state index contributed by atoms with van der Waals surface area (Å²) in [4.78, 5) is 0. The van der Waals surface area contributed by atoms with Crippen LogP contribution in [-0.4, -0.2) is 24.2 Å². The molecule has 0 saturated carbocycles. The molecule has 0 spiro atoms. The summed E-state index contributed by atoms with van der Waals surface area (Å²) in [5, 5.41) is 0. The smallest absolute Gasteiger partial charge is 0.0984 e. The minimum atomic E-state index is -0.239. The van der Waals surface area contributed by atoms with Gasteiger partial charge in [-0.2, -0.15) is 11.8 Å². The van der Waals surface area contributed by atoms with Crippen LogP contribution in [0.15, 0.2) is 0 Å². The predicted octanol–water partition coefficient (Wildman–Crippen LogP) is 1.46. The van der Waals surface area contributed by atoms with Gasteiger partial charge in [-0.15, -0.1) is 12.4 Å². The molecular weight excluding hydrogens is 161 g/mol. The van der Waals surface area contributed by atoms with E-state index in [0.29, 0.717) is 5.75 Å². The highest BCUT2D eigenvalue weighted by molar-refractivity contribution is 7.99. The zero-order valence-corrected chi connectivity index (χ0v) is 7.10. The first-order valence-corrected chi connectivity index (χ1v) is 3.82. The molecule has 0 heterocycles. The third kappa shape index (κ3) is 11.9. The average Bonchev–Trinajstić information content (AvgIpc) is 1.66. The number of hydrogen-bond donors (Lipinski definition) is 1. The number of rotatable bonds is 4. The van der Waals surface area contributed by atoms with Crippen LogP contribution >= 0.6 is 24.2 Å². The molecule has 0 aromatic rings. The molecule has 2 N–H and O–H groups in total. The van der Waals surface area contributed by atoms with Gasteiger partial charge < -0.3 is 5.73 Å². The van der Waals surface area contributed by atoms with E-state index in [1.54, 1.807) is 11.8 Å². The Morgan fingerprint density at radius 2 is 2.22 bits per heavy atom. The molecule has 4 heteroatoms. The van der Waals surface area contributed by atoms with Crippen molar-refractivity contribution in [1.82, 2.24) is 0 Å². The van der Waals surface area contributed by atoms with Gasteiger partial charge in [-0.3, -0.25) is 4.39 Å². The van der Waals surface area contributed by atoms with Crippen molar-refractivity contribution in [3.8, 4) is 0 Å². The van der Waals surface area contributed by atoms with E-state index in [1.165, 1.54) is 0 Å². The van der Waals surface area contributed by atoms with Crippen molar-refractivity contribution in [3.05, 3.63) is 0 Å². The second-order valence-corrected chi connectivity index (χ2v) is 2.89. The SMILES string of the molecule is CC(N)CSCCF.Cl. The Balaban J connectivity index is 0. The van der Waals surface area contributed by atoms with Crippen LogP contribution in [0.1, 0.15) is 6.92 Å². The molecule has 0 aromatic carbocycles. The second kappa shape index (κ2) is 8.53. The number of alkyl halides is 1. The topological polar surface area (TPSA) is 26.0 Å². The summed E-state index contributed by atoms with van der Waals surface area (Å²) in [6.07, 6.45) is 0. The fraction of sp³-hybridized carbons (Fsp3) is 1.00. The largest absolute Gasteiger partial charge is 0.327 e. The van der Waals surface area contributed by atoms with Crippen LogP contribution in [-0.2, 0) is 0 Å². The van der Waals surface area contributed by atoms with E-state index in [4.69, 9.17) is 5.73 Å². The van der Waals surface area contributed by atoms with E-state index >= 15 is 0 Å². The lowest BCUT2D eigenvalue weighted by molar-refractivity contribution is 0.532. The van der Waals surface area contributed by atoms with Gasteiger partial charge in [0.15, 0.2) is 0 Å². The molecule has 0 saturated heterocycles. The van der Waals surface area contributed by atoms with Gasteiger partial charge in [0.05, 0.1) is 6.67 Å². The normalized spacial score (nSPS) is 12.3. The zero-order valence-electron chi connectivity index (χ0n) is 5.47. The Hall–Kier alpha value is 0.530. The molecule has 0 amide bonds. The maximum absolute atomic E-state index is 11.4. The Labute approximate surface area is 66.0 Å². The molecule has 0 bridgehead atoms. The van der Waals surface area contributed by atoms with E-state index in [0.717, 1.165) is 5.75 Å². The molecule has 1 unspecified atom stereocenters. The third-order valence-electron chi connectivity index (χ3n) is 0.602. The Bertz CT molecular complexity index is 54.2. The maximum Gasteiger partial charge on any atom is 0.0984 e.